The van der Waals surface area contributed by atoms with Crippen LogP contribution in [0, 0.1) is 12.8 Å². The molecule has 3 aromatic carbocycles. The van der Waals surface area contributed by atoms with Crippen LogP contribution in [0.2, 0.25) is 0 Å². The van der Waals surface area contributed by atoms with Crippen molar-refractivity contribution in [2.24, 2.45) is 5.92 Å². The summed E-state index contributed by atoms with van der Waals surface area (Å²) in [5.41, 5.74) is 2.62. The Balaban J connectivity index is 1.28. The van der Waals surface area contributed by atoms with E-state index < -0.39 is 11.6 Å². The summed E-state index contributed by atoms with van der Waals surface area (Å²) in [4.78, 5) is 31.8. The molecule has 2 aliphatic heterocycles. The van der Waals surface area contributed by atoms with E-state index in [2.05, 4.69) is 61.3 Å². The van der Waals surface area contributed by atoms with Crippen LogP contribution in [-0.4, -0.2) is 46.3 Å². The lowest BCUT2D eigenvalue weighted by Gasteiger charge is -2.52. The molecule has 5 rings (SSSR count). The van der Waals surface area contributed by atoms with Crippen molar-refractivity contribution in [2.75, 3.05) is 13.1 Å². The van der Waals surface area contributed by atoms with E-state index >= 15 is 0 Å². The molecule has 0 bridgehead atoms. The first-order valence-electron chi connectivity index (χ1n) is 14.0. The highest BCUT2D eigenvalue weighted by atomic mass is 16.5. The van der Waals surface area contributed by atoms with Crippen molar-refractivity contribution in [1.82, 2.24) is 15.1 Å². The first-order valence-corrected chi connectivity index (χ1v) is 14.0. The van der Waals surface area contributed by atoms with Crippen molar-refractivity contribution in [2.45, 2.75) is 64.7 Å². The van der Waals surface area contributed by atoms with E-state index in [1.165, 1.54) is 5.56 Å². The number of rotatable bonds is 8. The summed E-state index contributed by atoms with van der Waals surface area (Å²) in [6.45, 7) is 9.01. The molecule has 204 valence electrons. The number of carbonyl (C=O) groups is 2. The number of benzene rings is 3. The summed E-state index contributed by atoms with van der Waals surface area (Å²) in [5.74, 6) is 2.00. The Hall–Kier alpha value is -3.64. The van der Waals surface area contributed by atoms with Gasteiger partial charge in [-0.3, -0.25) is 14.5 Å². The molecule has 0 aliphatic carbocycles. The topological polar surface area (TPSA) is 61.9 Å². The van der Waals surface area contributed by atoms with Gasteiger partial charge >= 0.3 is 0 Å². The van der Waals surface area contributed by atoms with Crippen LogP contribution in [0.5, 0.6) is 11.5 Å². The van der Waals surface area contributed by atoms with Gasteiger partial charge in [0.15, 0.2) is 0 Å². The predicted octanol–water partition coefficient (Wildman–Crippen LogP) is 5.70. The van der Waals surface area contributed by atoms with Gasteiger partial charge in [0.2, 0.25) is 11.8 Å². The lowest BCUT2D eigenvalue weighted by Crippen LogP contribution is -2.72. The van der Waals surface area contributed by atoms with Crippen molar-refractivity contribution in [1.29, 1.82) is 0 Å². The fraction of sp³-hybridized carbons (Fsp3) is 0.394. The number of hydrogen-bond acceptors (Lipinski definition) is 4. The second-order valence-electron chi connectivity index (χ2n) is 11.4. The van der Waals surface area contributed by atoms with Crippen molar-refractivity contribution < 1.29 is 14.3 Å². The molecular formula is C33H39N3O3. The molecule has 2 amide bonds. The fourth-order valence-corrected chi connectivity index (χ4v) is 5.85. The van der Waals surface area contributed by atoms with E-state index in [-0.39, 0.29) is 11.8 Å². The summed E-state index contributed by atoms with van der Waals surface area (Å²) in [6.07, 6.45) is 1.90. The fourth-order valence-electron chi connectivity index (χ4n) is 5.85. The van der Waals surface area contributed by atoms with E-state index in [1.807, 2.05) is 53.4 Å². The van der Waals surface area contributed by atoms with Gasteiger partial charge in [0.05, 0.1) is 0 Å². The lowest BCUT2D eigenvalue weighted by molar-refractivity contribution is -0.162. The van der Waals surface area contributed by atoms with Crippen LogP contribution in [0.3, 0.4) is 0 Å². The molecule has 39 heavy (non-hydrogen) atoms. The van der Waals surface area contributed by atoms with Crippen molar-refractivity contribution in [3.8, 4) is 11.5 Å². The molecule has 2 fully saturated rings. The molecule has 1 N–H and O–H groups in total. The summed E-state index contributed by atoms with van der Waals surface area (Å²) in [7, 11) is 0. The Morgan fingerprint density at radius 1 is 0.872 bits per heavy atom. The minimum atomic E-state index is -0.807. The minimum absolute atomic E-state index is 0.00228. The Morgan fingerprint density at radius 3 is 2.23 bits per heavy atom. The van der Waals surface area contributed by atoms with Gasteiger partial charge in [0.1, 0.15) is 23.1 Å². The number of piperidine rings is 1. The molecule has 1 unspecified atom stereocenters. The van der Waals surface area contributed by atoms with Crippen LogP contribution < -0.4 is 10.1 Å². The SMILES string of the molecule is Cc1cccc(CN2C(=O)C(CC(C)C)NC(=O)C23CCN(Cc2ccc(Oc4ccccc4)cc2)CC3)c1. The average Bonchev–Trinajstić information content (AvgIpc) is 2.92. The van der Waals surface area contributed by atoms with Gasteiger partial charge in [0, 0.05) is 26.2 Å². The molecule has 2 aliphatic rings. The number of ether oxygens (including phenoxy) is 1. The van der Waals surface area contributed by atoms with Crippen molar-refractivity contribution in [3.05, 3.63) is 95.6 Å². The van der Waals surface area contributed by atoms with E-state index in [4.69, 9.17) is 4.74 Å². The zero-order chi connectivity index (χ0) is 27.4. The maximum absolute atomic E-state index is 13.8. The third-order valence-corrected chi connectivity index (χ3v) is 7.93. The number of likely N-dealkylation sites (tertiary alicyclic amines) is 1. The van der Waals surface area contributed by atoms with Gasteiger partial charge in [-0.2, -0.15) is 0 Å². The second kappa shape index (κ2) is 11.6. The number of hydrogen-bond donors (Lipinski definition) is 1. The zero-order valence-electron chi connectivity index (χ0n) is 23.2. The van der Waals surface area contributed by atoms with E-state index in [0.29, 0.717) is 31.7 Å². The number of amides is 2. The Kier molecular flexibility index (Phi) is 8.03. The third-order valence-electron chi connectivity index (χ3n) is 7.93. The molecule has 3 aromatic rings. The summed E-state index contributed by atoms with van der Waals surface area (Å²) in [5, 5.41) is 3.11. The first-order chi connectivity index (χ1) is 18.8. The zero-order valence-corrected chi connectivity index (χ0v) is 23.2. The molecule has 6 nitrogen and oxygen atoms in total. The molecule has 0 saturated carbocycles. The highest BCUT2D eigenvalue weighted by Crippen LogP contribution is 2.36. The normalized spacial score (nSPS) is 19.4. The monoisotopic (exact) mass is 525 g/mol. The maximum Gasteiger partial charge on any atom is 0.246 e. The van der Waals surface area contributed by atoms with Gasteiger partial charge < -0.3 is 15.0 Å². The molecule has 2 heterocycles. The Labute approximate surface area is 232 Å². The second-order valence-corrected chi connectivity index (χ2v) is 11.4. The van der Waals surface area contributed by atoms with Gasteiger partial charge in [-0.1, -0.05) is 74.0 Å². The van der Waals surface area contributed by atoms with E-state index in [9.17, 15) is 9.59 Å². The van der Waals surface area contributed by atoms with Gasteiger partial charge in [-0.05, 0) is 67.5 Å². The molecular weight excluding hydrogens is 486 g/mol. The molecule has 0 radical (unpaired) electrons. The standard InChI is InChI=1S/C33H39N3O3/c1-24(2)20-30-31(37)36(23-27-9-7-8-25(3)21-27)33(32(38)34-30)16-18-35(19-17-33)22-26-12-14-29(15-13-26)39-28-10-5-4-6-11-28/h4-15,21,24,30H,16-20,22-23H2,1-3H3,(H,34,38). The van der Waals surface area contributed by atoms with Crippen LogP contribution in [-0.2, 0) is 22.7 Å². The molecule has 2 saturated heterocycles. The third kappa shape index (κ3) is 6.17. The average molecular weight is 526 g/mol. The van der Waals surface area contributed by atoms with E-state index in [1.54, 1.807) is 0 Å². The van der Waals surface area contributed by atoms with Gasteiger partial charge in [0.25, 0.3) is 0 Å². The minimum Gasteiger partial charge on any atom is -0.457 e. The summed E-state index contributed by atoms with van der Waals surface area (Å²) < 4.78 is 5.93. The number of nitrogens with one attached hydrogen (secondary N) is 1. The van der Waals surface area contributed by atoms with Crippen LogP contribution in [0.25, 0.3) is 0 Å². The van der Waals surface area contributed by atoms with Crippen LogP contribution in [0.1, 0.15) is 49.8 Å². The smallest absolute Gasteiger partial charge is 0.246 e. The predicted molar refractivity (Wildman–Crippen MR) is 153 cm³/mol. The maximum atomic E-state index is 13.8. The Morgan fingerprint density at radius 2 is 1.56 bits per heavy atom. The Bertz CT molecular complexity index is 1280. The molecule has 1 atom stereocenters. The number of para-hydroxylation sites is 1. The van der Waals surface area contributed by atoms with Crippen molar-refractivity contribution in [3.63, 3.8) is 0 Å². The summed E-state index contributed by atoms with van der Waals surface area (Å²) in [6, 6.07) is 25.8. The quantitative estimate of drug-likeness (QED) is 0.410. The van der Waals surface area contributed by atoms with Crippen LogP contribution in [0.4, 0.5) is 0 Å². The highest BCUT2D eigenvalue weighted by molar-refractivity contribution is 6.00. The number of piperazine rings is 1. The van der Waals surface area contributed by atoms with Crippen LogP contribution in [0.15, 0.2) is 78.9 Å². The number of aryl methyl sites for hydroxylation is 1. The van der Waals surface area contributed by atoms with Crippen LogP contribution >= 0.6 is 0 Å². The summed E-state index contributed by atoms with van der Waals surface area (Å²) >= 11 is 0. The van der Waals surface area contributed by atoms with E-state index in [0.717, 1.165) is 42.3 Å². The number of carbonyl (C=O) groups excluding carboxylic acids is 2. The molecule has 0 aromatic heterocycles. The lowest BCUT2D eigenvalue weighted by atomic mass is 9.80. The molecule has 6 heteroatoms. The molecule has 1 spiro atoms. The first kappa shape index (κ1) is 26.9. The number of nitrogens with zero attached hydrogens (tertiary/aromatic N) is 2. The van der Waals surface area contributed by atoms with Gasteiger partial charge in [-0.15, -0.1) is 0 Å². The largest absolute Gasteiger partial charge is 0.457 e. The highest BCUT2D eigenvalue weighted by Gasteiger charge is 2.53. The van der Waals surface area contributed by atoms with Crippen molar-refractivity contribution >= 4 is 11.8 Å². The van der Waals surface area contributed by atoms with Gasteiger partial charge in [-0.25, -0.2) is 0 Å².